The summed E-state index contributed by atoms with van der Waals surface area (Å²) in [5.74, 6) is -1.33. The van der Waals surface area contributed by atoms with E-state index >= 15 is 0 Å². The molecule has 0 aliphatic rings. The molecule has 11 heteroatoms. The zero-order valence-electron chi connectivity index (χ0n) is 19.2. The first kappa shape index (κ1) is 29.3. The second-order valence-electron chi connectivity index (χ2n) is 8.10. The van der Waals surface area contributed by atoms with E-state index in [1.54, 1.807) is 18.2 Å². The minimum atomic E-state index is -5.04. The van der Waals surface area contributed by atoms with Gasteiger partial charge in [-0.05, 0) is 68.4 Å². The number of hydrogen-bond donors (Lipinski definition) is 1. The molecule has 1 atom stereocenters. The molecule has 0 saturated heterocycles. The fourth-order valence-corrected chi connectivity index (χ4v) is 3.95. The average molecular weight is 543 g/mol. The number of rotatable bonds is 10. The van der Waals surface area contributed by atoms with Crippen LogP contribution in [0.15, 0.2) is 36.4 Å². The molecule has 194 valence electrons. The maximum Gasteiger partial charge on any atom is 0.416 e. The van der Waals surface area contributed by atoms with Gasteiger partial charge in [0.1, 0.15) is 0 Å². The van der Waals surface area contributed by atoms with E-state index in [1.165, 1.54) is 0 Å². The Morgan fingerprint density at radius 1 is 0.914 bits per heavy atom. The van der Waals surface area contributed by atoms with E-state index in [4.69, 9.17) is 23.2 Å². The van der Waals surface area contributed by atoms with Gasteiger partial charge in [0.25, 0.3) is 5.91 Å². The lowest BCUT2D eigenvalue weighted by atomic mass is 9.95. The van der Waals surface area contributed by atoms with Crippen molar-refractivity contribution in [3.63, 3.8) is 0 Å². The monoisotopic (exact) mass is 542 g/mol. The first-order valence-corrected chi connectivity index (χ1v) is 11.8. The van der Waals surface area contributed by atoms with Gasteiger partial charge in [-0.3, -0.25) is 4.79 Å². The van der Waals surface area contributed by atoms with Crippen LogP contribution < -0.4 is 5.32 Å². The highest BCUT2D eigenvalue weighted by atomic mass is 35.5. The molecule has 2 rings (SSSR count). The van der Waals surface area contributed by atoms with E-state index in [9.17, 15) is 31.1 Å². The van der Waals surface area contributed by atoms with Gasteiger partial charge in [0.05, 0.1) is 21.2 Å². The normalized spacial score (nSPS) is 13.2. The molecule has 0 aliphatic carbocycles. The average Bonchev–Trinajstić information content (AvgIpc) is 2.78. The van der Waals surface area contributed by atoms with E-state index in [1.807, 2.05) is 13.8 Å². The van der Waals surface area contributed by atoms with Crippen molar-refractivity contribution in [1.29, 1.82) is 0 Å². The summed E-state index contributed by atoms with van der Waals surface area (Å²) in [6.45, 7) is 6.38. The standard InChI is InChI=1S/C24H26Cl2F6N2O/c1-3-8-34(4-2)9-7-16(15-5-6-20(25)21(26)12-15)14-33-22(35)17-10-18(23(27,28)29)13-19(11-17)24(30,31)32/h5-6,10-13,16H,3-4,7-9,14H2,1-2H3,(H,33,35). The van der Waals surface area contributed by atoms with Crippen LogP contribution in [0, 0.1) is 0 Å². The molecule has 0 saturated carbocycles. The Morgan fingerprint density at radius 2 is 1.51 bits per heavy atom. The Morgan fingerprint density at radius 3 is 2.00 bits per heavy atom. The van der Waals surface area contributed by atoms with E-state index in [0.717, 1.165) is 25.1 Å². The molecule has 0 heterocycles. The summed E-state index contributed by atoms with van der Waals surface area (Å²) >= 11 is 12.1. The van der Waals surface area contributed by atoms with Gasteiger partial charge in [0, 0.05) is 18.0 Å². The Kier molecular flexibility index (Phi) is 10.3. The van der Waals surface area contributed by atoms with E-state index in [2.05, 4.69) is 10.2 Å². The van der Waals surface area contributed by atoms with Gasteiger partial charge in [-0.25, -0.2) is 0 Å². The summed E-state index contributed by atoms with van der Waals surface area (Å²) in [4.78, 5) is 14.9. The molecule has 1 N–H and O–H groups in total. The summed E-state index contributed by atoms with van der Waals surface area (Å²) in [6, 6.07) is 5.79. The second kappa shape index (κ2) is 12.3. The Labute approximate surface area is 210 Å². The molecule has 0 aromatic heterocycles. The molecule has 2 aromatic carbocycles. The van der Waals surface area contributed by atoms with Crippen LogP contribution in [0.4, 0.5) is 26.3 Å². The molecule has 3 nitrogen and oxygen atoms in total. The largest absolute Gasteiger partial charge is 0.416 e. The van der Waals surface area contributed by atoms with Crippen LogP contribution in [0.5, 0.6) is 0 Å². The quantitative estimate of drug-likeness (QED) is 0.312. The van der Waals surface area contributed by atoms with Crippen LogP contribution in [0.25, 0.3) is 0 Å². The number of alkyl halides is 6. The van der Waals surface area contributed by atoms with E-state index in [0.29, 0.717) is 35.1 Å². The lowest BCUT2D eigenvalue weighted by molar-refractivity contribution is -0.143. The topological polar surface area (TPSA) is 32.3 Å². The highest BCUT2D eigenvalue weighted by Crippen LogP contribution is 2.36. The number of amides is 1. The Bertz CT molecular complexity index is 978. The van der Waals surface area contributed by atoms with Gasteiger partial charge in [-0.15, -0.1) is 0 Å². The van der Waals surface area contributed by atoms with Crippen LogP contribution in [0.3, 0.4) is 0 Å². The molecule has 0 radical (unpaired) electrons. The minimum Gasteiger partial charge on any atom is -0.351 e. The summed E-state index contributed by atoms with van der Waals surface area (Å²) < 4.78 is 78.9. The predicted molar refractivity (Wildman–Crippen MR) is 125 cm³/mol. The smallest absolute Gasteiger partial charge is 0.351 e. The number of halogens is 8. The third kappa shape index (κ3) is 8.58. The number of hydrogen-bond acceptors (Lipinski definition) is 2. The van der Waals surface area contributed by atoms with Crippen molar-refractivity contribution in [1.82, 2.24) is 10.2 Å². The number of nitrogens with one attached hydrogen (secondary N) is 1. The van der Waals surface area contributed by atoms with Gasteiger partial charge in [-0.1, -0.05) is 43.1 Å². The maximum absolute atomic E-state index is 13.2. The van der Waals surface area contributed by atoms with Crippen LogP contribution in [0.1, 0.15) is 59.7 Å². The minimum absolute atomic E-state index is 0.0115. The fourth-order valence-electron chi connectivity index (χ4n) is 3.64. The fraction of sp³-hybridized carbons (Fsp3) is 0.458. The molecule has 2 aromatic rings. The molecular formula is C24H26Cl2F6N2O. The molecule has 0 fully saturated rings. The van der Waals surface area contributed by atoms with Crippen molar-refractivity contribution in [3.8, 4) is 0 Å². The van der Waals surface area contributed by atoms with Gasteiger partial charge in [-0.2, -0.15) is 26.3 Å². The SMILES string of the molecule is CCCN(CC)CCC(CNC(=O)c1cc(C(F)(F)F)cc(C(F)(F)F)c1)c1ccc(Cl)c(Cl)c1. The Balaban J connectivity index is 2.29. The number of nitrogens with zero attached hydrogens (tertiary/aromatic N) is 1. The zero-order valence-corrected chi connectivity index (χ0v) is 20.7. The highest BCUT2D eigenvalue weighted by molar-refractivity contribution is 6.42. The molecule has 1 amide bonds. The third-order valence-corrected chi connectivity index (χ3v) is 6.29. The first-order valence-electron chi connectivity index (χ1n) is 11.0. The van der Waals surface area contributed by atoms with E-state index in [-0.39, 0.29) is 18.5 Å². The number of carbonyl (C=O) groups excluding carboxylic acids is 1. The molecular weight excluding hydrogens is 517 g/mol. The van der Waals surface area contributed by atoms with Crippen LogP contribution in [0.2, 0.25) is 10.0 Å². The van der Waals surface area contributed by atoms with Crippen molar-refractivity contribution < 1.29 is 31.1 Å². The second-order valence-corrected chi connectivity index (χ2v) is 8.91. The van der Waals surface area contributed by atoms with Crippen molar-refractivity contribution in [2.45, 2.75) is 45.0 Å². The molecule has 1 unspecified atom stereocenters. The molecule has 35 heavy (non-hydrogen) atoms. The predicted octanol–water partition coefficient (Wildman–Crippen LogP) is 7.67. The summed E-state index contributed by atoms with van der Waals surface area (Å²) in [7, 11) is 0. The zero-order chi connectivity index (χ0) is 26.4. The number of benzene rings is 2. The van der Waals surface area contributed by atoms with Gasteiger partial charge in [0.2, 0.25) is 0 Å². The number of carbonyl (C=O) groups is 1. The van der Waals surface area contributed by atoms with E-state index < -0.39 is 35.0 Å². The van der Waals surface area contributed by atoms with Crippen molar-refractivity contribution in [2.24, 2.45) is 0 Å². The lowest BCUT2D eigenvalue weighted by Crippen LogP contribution is -2.32. The lowest BCUT2D eigenvalue weighted by Gasteiger charge is -2.24. The van der Waals surface area contributed by atoms with Crippen molar-refractivity contribution >= 4 is 29.1 Å². The first-order chi connectivity index (χ1) is 16.3. The summed E-state index contributed by atoms with van der Waals surface area (Å²) in [6.07, 6.45) is -8.56. The third-order valence-electron chi connectivity index (χ3n) is 5.55. The molecule has 0 bridgehead atoms. The maximum atomic E-state index is 13.2. The van der Waals surface area contributed by atoms with Gasteiger partial charge in [0.15, 0.2) is 0 Å². The van der Waals surface area contributed by atoms with Crippen molar-refractivity contribution in [3.05, 3.63) is 68.7 Å². The van der Waals surface area contributed by atoms with Gasteiger partial charge >= 0.3 is 12.4 Å². The van der Waals surface area contributed by atoms with Crippen LogP contribution >= 0.6 is 23.2 Å². The van der Waals surface area contributed by atoms with Crippen LogP contribution in [-0.2, 0) is 12.4 Å². The summed E-state index contributed by atoms with van der Waals surface area (Å²) in [5.41, 5.74) is -3.07. The highest BCUT2D eigenvalue weighted by Gasteiger charge is 2.37. The summed E-state index contributed by atoms with van der Waals surface area (Å²) in [5, 5.41) is 3.13. The van der Waals surface area contributed by atoms with Crippen LogP contribution in [-0.4, -0.2) is 37.0 Å². The van der Waals surface area contributed by atoms with Crippen molar-refractivity contribution in [2.75, 3.05) is 26.2 Å². The van der Waals surface area contributed by atoms with Gasteiger partial charge < -0.3 is 10.2 Å². The Hall–Kier alpha value is -1.97. The molecule has 0 spiro atoms. The molecule has 0 aliphatic heterocycles.